The molecule has 1 aromatic heterocycles. The van der Waals surface area contributed by atoms with E-state index in [1.165, 1.54) is 18.3 Å². The maximum Gasteiger partial charge on any atom is 0.358 e. The minimum absolute atomic E-state index is 0.347. The van der Waals surface area contributed by atoms with E-state index < -0.39 is 5.97 Å². The van der Waals surface area contributed by atoms with Crippen LogP contribution in [0.2, 0.25) is 0 Å². The fraction of sp³-hybridized carbons (Fsp3) is 0. The highest BCUT2D eigenvalue weighted by Gasteiger charge is 2.10. The zero-order valence-corrected chi connectivity index (χ0v) is 6.19. The first-order chi connectivity index (χ1) is 5.65. The number of carbonyl (C=O) groups is 1. The van der Waals surface area contributed by atoms with Crippen LogP contribution in [0, 0.1) is 0 Å². The molecule has 0 saturated carbocycles. The predicted molar refractivity (Wildman–Crippen MR) is 43.0 cm³/mol. The van der Waals surface area contributed by atoms with Gasteiger partial charge in [0.25, 0.3) is 0 Å². The number of aromatic carboxylic acids is 1. The molecule has 1 heterocycles. The number of rotatable bonds is 2. The van der Waals surface area contributed by atoms with Gasteiger partial charge < -0.3 is 10.2 Å². The summed E-state index contributed by atoms with van der Waals surface area (Å²) in [4.78, 5) is 13.9. The first kappa shape index (κ1) is 8.26. The van der Waals surface area contributed by atoms with Crippen molar-refractivity contribution in [1.29, 1.82) is 0 Å². The number of aromatic nitrogens is 1. The number of nitrogens with zero attached hydrogens (tertiary/aromatic N) is 1. The van der Waals surface area contributed by atoms with Crippen molar-refractivity contribution in [3.63, 3.8) is 0 Å². The van der Waals surface area contributed by atoms with Crippen LogP contribution in [-0.4, -0.2) is 21.2 Å². The minimum Gasteiger partial charge on any atom is -0.505 e. The van der Waals surface area contributed by atoms with Gasteiger partial charge >= 0.3 is 5.97 Å². The Labute approximate surface area is 68.8 Å². The van der Waals surface area contributed by atoms with Gasteiger partial charge in [-0.05, 0) is 11.6 Å². The fourth-order valence-electron chi connectivity index (χ4n) is 0.745. The zero-order valence-electron chi connectivity index (χ0n) is 6.19. The number of pyridine rings is 1. The Balaban J connectivity index is 3.20. The Hall–Kier alpha value is -1.84. The van der Waals surface area contributed by atoms with Gasteiger partial charge in [-0.3, -0.25) is 0 Å². The molecule has 4 heteroatoms. The van der Waals surface area contributed by atoms with Gasteiger partial charge in [-0.15, -0.1) is 0 Å². The molecule has 0 saturated heterocycles. The van der Waals surface area contributed by atoms with Crippen LogP contribution >= 0.6 is 0 Å². The van der Waals surface area contributed by atoms with E-state index in [0.717, 1.165) is 0 Å². The fourth-order valence-corrected chi connectivity index (χ4v) is 0.745. The van der Waals surface area contributed by atoms with E-state index in [0.29, 0.717) is 5.56 Å². The largest absolute Gasteiger partial charge is 0.505 e. The summed E-state index contributed by atoms with van der Waals surface area (Å²) in [5.74, 6) is -1.59. The van der Waals surface area contributed by atoms with Gasteiger partial charge in [0.1, 0.15) is 5.75 Å². The lowest BCUT2D eigenvalue weighted by Crippen LogP contribution is -2.00. The van der Waals surface area contributed by atoms with Crippen LogP contribution in [0.4, 0.5) is 0 Å². The third-order valence-corrected chi connectivity index (χ3v) is 1.33. The summed E-state index contributed by atoms with van der Waals surface area (Å²) in [6, 6.07) is 1.30. The van der Waals surface area contributed by atoms with Gasteiger partial charge in [-0.25, -0.2) is 9.78 Å². The molecule has 0 spiro atoms. The molecule has 0 aliphatic rings. The summed E-state index contributed by atoms with van der Waals surface area (Å²) in [6.07, 6.45) is 2.80. The first-order valence-electron chi connectivity index (χ1n) is 3.20. The van der Waals surface area contributed by atoms with Gasteiger partial charge in [0, 0.05) is 6.20 Å². The van der Waals surface area contributed by atoms with E-state index in [4.69, 9.17) is 10.2 Å². The third-order valence-electron chi connectivity index (χ3n) is 1.33. The van der Waals surface area contributed by atoms with Crippen LogP contribution in [0.1, 0.15) is 16.1 Å². The van der Waals surface area contributed by atoms with Crippen molar-refractivity contribution in [3.05, 3.63) is 30.1 Å². The standard InChI is InChI=1S/C8H7NO3/c1-2-5-3-6(10)7(8(11)12)9-4-5/h2-4,10H,1H2,(H,11,12). The number of aromatic hydroxyl groups is 1. The number of carboxylic acid groups (broad SMARTS) is 1. The quantitative estimate of drug-likeness (QED) is 0.689. The van der Waals surface area contributed by atoms with Crippen molar-refractivity contribution < 1.29 is 15.0 Å². The lowest BCUT2D eigenvalue weighted by atomic mass is 10.2. The smallest absolute Gasteiger partial charge is 0.358 e. The van der Waals surface area contributed by atoms with Crippen LogP contribution in [0.25, 0.3) is 6.08 Å². The normalized spacial score (nSPS) is 9.33. The molecule has 1 aromatic rings. The van der Waals surface area contributed by atoms with E-state index in [1.807, 2.05) is 0 Å². The highest BCUT2D eigenvalue weighted by molar-refractivity contribution is 5.88. The maximum absolute atomic E-state index is 10.4. The molecule has 0 aliphatic carbocycles. The predicted octanol–water partition coefficient (Wildman–Crippen LogP) is 1.13. The highest BCUT2D eigenvalue weighted by Crippen LogP contribution is 2.16. The molecule has 0 atom stereocenters. The Morgan fingerprint density at radius 3 is 2.75 bits per heavy atom. The van der Waals surface area contributed by atoms with Crippen LogP contribution in [0.5, 0.6) is 5.75 Å². The SMILES string of the molecule is C=Cc1cnc(C(=O)O)c(O)c1. The summed E-state index contributed by atoms with van der Waals surface area (Å²) in [7, 11) is 0. The monoisotopic (exact) mass is 165 g/mol. The summed E-state index contributed by atoms with van der Waals surface area (Å²) >= 11 is 0. The molecule has 0 aliphatic heterocycles. The Morgan fingerprint density at radius 2 is 2.33 bits per heavy atom. The van der Waals surface area contributed by atoms with Gasteiger partial charge in [0.2, 0.25) is 0 Å². The average molecular weight is 165 g/mol. The van der Waals surface area contributed by atoms with E-state index in [1.54, 1.807) is 0 Å². The van der Waals surface area contributed by atoms with Crippen molar-refractivity contribution in [2.45, 2.75) is 0 Å². The van der Waals surface area contributed by atoms with Crippen LogP contribution in [0.15, 0.2) is 18.8 Å². The average Bonchev–Trinajstić information content (AvgIpc) is 2.03. The number of hydrogen-bond acceptors (Lipinski definition) is 3. The zero-order chi connectivity index (χ0) is 9.14. The highest BCUT2D eigenvalue weighted by atomic mass is 16.4. The first-order valence-corrected chi connectivity index (χ1v) is 3.20. The summed E-state index contributed by atoms with van der Waals surface area (Å²) in [5.41, 5.74) is 0.234. The Morgan fingerprint density at radius 1 is 1.67 bits per heavy atom. The van der Waals surface area contributed by atoms with Crippen molar-refractivity contribution in [3.8, 4) is 5.75 Å². The summed E-state index contributed by atoms with van der Waals surface area (Å²) in [6.45, 7) is 3.45. The lowest BCUT2D eigenvalue weighted by molar-refractivity contribution is 0.0687. The molecule has 0 fully saturated rings. The second-order valence-corrected chi connectivity index (χ2v) is 2.15. The molecule has 4 nitrogen and oxygen atoms in total. The van der Waals surface area contributed by atoms with Crippen LogP contribution in [-0.2, 0) is 0 Å². The van der Waals surface area contributed by atoms with Crippen molar-refractivity contribution in [1.82, 2.24) is 4.98 Å². The second kappa shape index (κ2) is 3.04. The number of carboxylic acids is 1. The third kappa shape index (κ3) is 1.42. The molecule has 0 bridgehead atoms. The summed E-state index contributed by atoms with van der Waals surface area (Å²) < 4.78 is 0. The molecular weight excluding hydrogens is 158 g/mol. The minimum atomic E-state index is -1.25. The molecule has 0 amide bonds. The maximum atomic E-state index is 10.4. The lowest BCUT2D eigenvalue weighted by Gasteiger charge is -1.98. The van der Waals surface area contributed by atoms with Crippen molar-refractivity contribution in [2.24, 2.45) is 0 Å². The molecule has 1 rings (SSSR count). The van der Waals surface area contributed by atoms with Gasteiger partial charge in [0.05, 0.1) is 0 Å². The van der Waals surface area contributed by atoms with E-state index in [9.17, 15) is 4.79 Å². The van der Waals surface area contributed by atoms with Crippen molar-refractivity contribution in [2.75, 3.05) is 0 Å². The van der Waals surface area contributed by atoms with Crippen LogP contribution < -0.4 is 0 Å². The van der Waals surface area contributed by atoms with Gasteiger partial charge in [0.15, 0.2) is 5.69 Å². The molecule has 0 radical (unpaired) electrons. The van der Waals surface area contributed by atoms with E-state index in [2.05, 4.69) is 11.6 Å². The molecule has 2 N–H and O–H groups in total. The van der Waals surface area contributed by atoms with Gasteiger partial charge in [-0.1, -0.05) is 12.7 Å². The molecule has 0 unspecified atom stereocenters. The van der Waals surface area contributed by atoms with Crippen LogP contribution in [0.3, 0.4) is 0 Å². The topological polar surface area (TPSA) is 70.4 Å². The van der Waals surface area contributed by atoms with E-state index in [-0.39, 0.29) is 11.4 Å². The number of hydrogen-bond donors (Lipinski definition) is 2. The molecule has 62 valence electrons. The summed E-state index contributed by atoms with van der Waals surface area (Å²) in [5, 5.41) is 17.6. The Kier molecular flexibility index (Phi) is 2.09. The van der Waals surface area contributed by atoms with Crippen molar-refractivity contribution >= 4 is 12.0 Å². The second-order valence-electron chi connectivity index (χ2n) is 2.15. The Bertz CT molecular complexity index is 333. The molecule has 12 heavy (non-hydrogen) atoms. The molecular formula is C8H7NO3. The molecule has 0 aromatic carbocycles. The van der Waals surface area contributed by atoms with E-state index >= 15 is 0 Å². The van der Waals surface area contributed by atoms with Gasteiger partial charge in [-0.2, -0.15) is 0 Å².